The van der Waals surface area contributed by atoms with Crippen molar-refractivity contribution in [2.45, 2.75) is 42.5 Å². The van der Waals surface area contributed by atoms with E-state index < -0.39 is 0 Å². The van der Waals surface area contributed by atoms with Crippen molar-refractivity contribution in [1.29, 1.82) is 0 Å². The summed E-state index contributed by atoms with van der Waals surface area (Å²) >= 11 is 1.37. The lowest BCUT2D eigenvalue weighted by molar-refractivity contribution is 0.0898. The van der Waals surface area contributed by atoms with Crippen molar-refractivity contribution in [1.82, 2.24) is 10.6 Å². The summed E-state index contributed by atoms with van der Waals surface area (Å²) in [6, 6.07) is 14.8. The Morgan fingerprint density at radius 2 is 2.04 bits per heavy atom. The molecule has 0 radical (unpaired) electrons. The highest BCUT2D eigenvalue weighted by Crippen LogP contribution is 2.33. The lowest BCUT2D eigenvalue weighted by atomic mass is 10.0. The summed E-state index contributed by atoms with van der Waals surface area (Å²) in [5, 5.41) is 7.41. The number of fused-ring (bicyclic) bond motifs is 1. The lowest BCUT2D eigenvalue weighted by Gasteiger charge is -2.28. The maximum Gasteiger partial charge on any atom is 0.287 e. The van der Waals surface area contributed by atoms with Gasteiger partial charge in [0.2, 0.25) is 0 Å². The maximum absolute atomic E-state index is 14.0. The van der Waals surface area contributed by atoms with Gasteiger partial charge in [-0.05, 0) is 44.5 Å². The second-order valence-corrected chi connectivity index (χ2v) is 8.19. The van der Waals surface area contributed by atoms with Crippen molar-refractivity contribution >= 4 is 28.6 Å². The van der Waals surface area contributed by atoms with E-state index in [2.05, 4.69) is 17.6 Å². The Labute approximate surface area is 167 Å². The van der Waals surface area contributed by atoms with E-state index in [4.69, 9.17) is 4.42 Å². The Bertz CT molecular complexity index is 988. The van der Waals surface area contributed by atoms with Crippen molar-refractivity contribution in [3.05, 3.63) is 65.7 Å². The first-order chi connectivity index (χ1) is 13.6. The first-order valence-electron chi connectivity index (χ1n) is 9.54. The first kappa shape index (κ1) is 19.0. The van der Waals surface area contributed by atoms with E-state index in [1.807, 2.05) is 30.3 Å². The maximum atomic E-state index is 14.0. The van der Waals surface area contributed by atoms with Crippen LogP contribution in [0.15, 0.2) is 57.8 Å². The van der Waals surface area contributed by atoms with E-state index >= 15 is 0 Å². The highest BCUT2D eigenvalue weighted by Gasteiger charge is 2.25. The van der Waals surface area contributed by atoms with E-state index in [0.29, 0.717) is 28.0 Å². The molecular formula is C22H23FN2O2S. The van der Waals surface area contributed by atoms with E-state index in [1.54, 1.807) is 12.1 Å². The zero-order valence-corrected chi connectivity index (χ0v) is 16.5. The minimum absolute atomic E-state index is 0.129. The second kappa shape index (κ2) is 8.37. The van der Waals surface area contributed by atoms with Gasteiger partial charge in [0, 0.05) is 33.7 Å². The third-order valence-corrected chi connectivity index (χ3v) is 6.15. The molecule has 2 N–H and O–H groups in total. The van der Waals surface area contributed by atoms with E-state index in [0.717, 1.165) is 30.3 Å². The molecule has 4 rings (SSSR count). The van der Waals surface area contributed by atoms with Gasteiger partial charge in [-0.15, -0.1) is 11.8 Å². The van der Waals surface area contributed by atoms with Gasteiger partial charge in [0.15, 0.2) is 5.76 Å². The first-order valence-corrected chi connectivity index (χ1v) is 10.5. The average Bonchev–Trinajstić information content (AvgIpc) is 3.06. The van der Waals surface area contributed by atoms with Gasteiger partial charge in [0.1, 0.15) is 11.4 Å². The molecule has 3 aromatic rings. The highest BCUT2D eigenvalue weighted by atomic mass is 32.2. The van der Waals surface area contributed by atoms with Crippen LogP contribution in [0.2, 0.25) is 0 Å². The highest BCUT2D eigenvalue weighted by molar-refractivity contribution is 7.98. The standard InChI is InChI=1S/C22H23FN2O2S/c1-14-12-15(10-11-24-14)25-22(26)21-17(16-6-2-4-8-19(16)27-21)13-28-20-9-5-3-7-18(20)23/h2-9,14-15,24H,10-13H2,1H3,(H,25,26). The number of halogens is 1. The van der Waals surface area contributed by atoms with Crippen molar-refractivity contribution in [2.24, 2.45) is 0 Å². The summed E-state index contributed by atoms with van der Waals surface area (Å²) in [5.74, 6) is 0.342. The van der Waals surface area contributed by atoms with Crippen LogP contribution in [-0.2, 0) is 5.75 Å². The number of para-hydroxylation sites is 1. The van der Waals surface area contributed by atoms with Gasteiger partial charge in [-0.3, -0.25) is 4.79 Å². The molecule has 2 heterocycles. The van der Waals surface area contributed by atoms with Gasteiger partial charge < -0.3 is 15.1 Å². The number of rotatable bonds is 5. The molecule has 1 aliphatic rings. The van der Waals surface area contributed by atoms with Crippen LogP contribution >= 0.6 is 11.8 Å². The van der Waals surface area contributed by atoms with Gasteiger partial charge in [0.05, 0.1) is 0 Å². The fourth-order valence-electron chi connectivity index (χ4n) is 3.65. The van der Waals surface area contributed by atoms with Crippen LogP contribution < -0.4 is 10.6 Å². The number of carbonyl (C=O) groups excluding carboxylic acids is 1. The van der Waals surface area contributed by atoms with Crippen molar-refractivity contribution in [3.63, 3.8) is 0 Å². The number of nitrogens with one attached hydrogen (secondary N) is 2. The van der Waals surface area contributed by atoms with Crippen LogP contribution in [0, 0.1) is 5.82 Å². The fraction of sp³-hybridized carbons (Fsp3) is 0.318. The summed E-state index contributed by atoms with van der Waals surface area (Å²) in [5.41, 5.74) is 1.48. The molecule has 1 aliphatic heterocycles. The molecule has 28 heavy (non-hydrogen) atoms. The smallest absolute Gasteiger partial charge is 0.287 e. The molecule has 1 saturated heterocycles. The molecule has 1 fully saturated rings. The minimum Gasteiger partial charge on any atom is -0.451 e. The number of thioether (sulfide) groups is 1. The molecule has 0 saturated carbocycles. The topological polar surface area (TPSA) is 54.3 Å². The van der Waals surface area contributed by atoms with Gasteiger partial charge >= 0.3 is 0 Å². The number of furan rings is 1. The summed E-state index contributed by atoms with van der Waals surface area (Å²) in [7, 11) is 0. The van der Waals surface area contributed by atoms with Crippen LogP contribution in [0.25, 0.3) is 11.0 Å². The van der Waals surface area contributed by atoms with Crippen LogP contribution in [0.5, 0.6) is 0 Å². The van der Waals surface area contributed by atoms with Crippen molar-refractivity contribution in [2.75, 3.05) is 6.54 Å². The quantitative estimate of drug-likeness (QED) is 0.610. The molecule has 146 valence electrons. The summed E-state index contributed by atoms with van der Waals surface area (Å²) < 4.78 is 19.9. The molecular weight excluding hydrogens is 375 g/mol. The van der Waals surface area contributed by atoms with Crippen LogP contribution in [0.4, 0.5) is 4.39 Å². The number of hydrogen-bond donors (Lipinski definition) is 2. The van der Waals surface area contributed by atoms with Crippen LogP contribution in [0.1, 0.15) is 35.9 Å². The molecule has 2 unspecified atom stereocenters. The monoisotopic (exact) mass is 398 g/mol. The van der Waals surface area contributed by atoms with E-state index in [-0.39, 0.29) is 17.8 Å². The number of hydrogen-bond acceptors (Lipinski definition) is 4. The Hall–Kier alpha value is -2.31. The molecule has 0 bridgehead atoms. The SMILES string of the molecule is CC1CC(NC(=O)c2oc3ccccc3c2CSc2ccccc2F)CCN1. The average molecular weight is 399 g/mol. The Balaban J connectivity index is 1.59. The largest absolute Gasteiger partial charge is 0.451 e. The molecule has 4 nitrogen and oxygen atoms in total. The zero-order chi connectivity index (χ0) is 19.5. The third-order valence-electron chi connectivity index (χ3n) is 5.07. The third kappa shape index (κ3) is 4.08. The molecule has 2 aromatic carbocycles. The number of carbonyl (C=O) groups is 1. The Kier molecular flexibility index (Phi) is 5.69. The predicted molar refractivity (Wildman–Crippen MR) is 110 cm³/mol. The lowest BCUT2D eigenvalue weighted by Crippen LogP contribution is -2.46. The summed E-state index contributed by atoms with van der Waals surface area (Å²) in [4.78, 5) is 13.5. The Morgan fingerprint density at radius 3 is 2.86 bits per heavy atom. The molecule has 0 aliphatic carbocycles. The number of benzene rings is 2. The van der Waals surface area contributed by atoms with Crippen LogP contribution in [-0.4, -0.2) is 24.5 Å². The number of piperidine rings is 1. The minimum atomic E-state index is -0.255. The molecule has 6 heteroatoms. The van der Waals surface area contributed by atoms with Gasteiger partial charge in [-0.1, -0.05) is 30.3 Å². The normalized spacial score (nSPS) is 19.6. The Morgan fingerprint density at radius 1 is 1.25 bits per heavy atom. The van der Waals surface area contributed by atoms with Gasteiger partial charge in [-0.25, -0.2) is 4.39 Å². The van der Waals surface area contributed by atoms with Gasteiger partial charge in [-0.2, -0.15) is 0 Å². The zero-order valence-electron chi connectivity index (χ0n) is 15.7. The second-order valence-electron chi connectivity index (χ2n) is 7.17. The molecule has 1 amide bonds. The van der Waals surface area contributed by atoms with Crippen molar-refractivity contribution in [3.8, 4) is 0 Å². The van der Waals surface area contributed by atoms with Crippen molar-refractivity contribution < 1.29 is 13.6 Å². The van der Waals surface area contributed by atoms with E-state index in [1.165, 1.54) is 17.8 Å². The number of amides is 1. The van der Waals surface area contributed by atoms with E-state index in [9.17, 15) is 9.18 Å². The molecule has 0 spiro atoms. The molecule has 2 atom stereocenters. The van der Waals surface area contributed by atoms with Crippen LogP contribution in [0.3, 0.4) is 0 Å². The van der Waals surface area contributed by atoms with Gasteiger partial charge in [0.25, 0.3) is 5.91 Å². The summed E-state index contributed by atoms with van der Waals surface area (Å²) in [6.45, 7) is 3.01. The summed E-state index contributed by atoms with van der Waals surface area (Å²) in [6.07, 6.45) is 1.79. The molecule has 1 aromatic heterocycles. The predicted octanol–water partition coefficient (Wildman–Crippen LogP) is 4.73. The fourth-order valence-corrected chi connectivity index (χ4v) is 4.62.